The lowest BCUT2D eigenvalue weighted by molar-refractivity contribution is -0.118. The van der Waals surface area contributed by atoms with Crippen LogP contribution in [-0.4, -0.2) is 64.6 Å². The van der Waals surface area contributed by atoms with Crippen LogP contribution in [0.3, 0.4) is 0 Å². The highest BCUT2D eigenvalue weighted by Crippen LogP contribution is 2.33. The minimum atomic E-state index is -3.69. The number of amides is 1. The number of morpholine rings is 1. The molecule has 178 valence electrons. The summed E-state index contributed by atoms with van der Waals surface area (Å²) in [6.45, 7) is 4.73. The van der Waals surface area contributed by atoms with E-state index in [1.807, 2.05) is 13.0 Å². The van der Waals surface area contributed by atoms with E-state index in [0.717, 1.165) is 37.2 Å². The fraction of sp³-hybridized carbons (Fsp3) is 0.435. The van der Waals surface area contributed by atoms with Gasteiger partial charge in [-0.1, -0.05) is 17.7 Å². The van der Waals surface area contributed by atoms with Crippen LogP contribution in [0.15, 0.2) is 41.3 Å². The maximum atomic E-state index is 13.1. The Labute approximate surface area is 199 Å². The predicted molar refractivity (Wildman–Crippen MR) is 128 cm³/mol. The van der Waals surface area contributed by atoms with Crippen molar-refractivity contribution >= 4 is 38.9 Å². The summed E-state index contributed by atoms with van der Waals surface area (Å²) in [5, 5.41) is 3.27. The molecule has 0 aliphatic carbocycles. The van der Waals surface area contributed by atoms with Crippen LogP contribution < -0.4 is 15.0 Å². The molecular weight excluding hydrogens is 466 g/mol. The summed E-state index contributed by atoms with van der Waals surface area (Å²) in [7, 11) is -3.69. The van der Waals surface area contributed by atoms with Gasteiger partial charge in [-0.15, -0.1) is 0 Å². The van der Waals surface area contributed by atoms with Gasteiger partial charge in [-0.25, -0.2) is 8.42 Å². The zero-order valence-corrected chi connectivity index (χ0v) is 20.1. The standard InChI is InChI=1S/C23H28ClN3O5S/c1-17-4-6-19(24)22(14-17)32-16-23(28)25-20-15-18(5-7-21(20)26-8-2-3-9-26)33(29,30)27-10-12-31-13-11-27/h4-7,14-15H,2-3,8-13,16H2,1H3,(H,25,28). The van der Waals surface area contributed by atoms with Crippen molar-refractivity contribution in [1.82, 2.24) is 4.31 Å². The number of carbonyl (C=O) groups excluding carboxylic acids is 1. The van der Waals surface area contributed by atoms with Crippen molar-refractivity contribution in [2.75, 3.05) is 56.2 Å². The molecule has 2 aromatic carbocycles. The van der Waals surface area contributed by atoms with E-state index in [0.29, 0.717) is 42.8 Å². The molecule has 10 heteroatoms. The Morgan fingerprint density at radius 1 is 1.09 bits per heavy atom. The number of hydrogen-bond donors (Lipinski definition) is 1. The molecule has 2 aliphatic heterocycles. The smallest absolute Gasteiger partial charge is 0.262 e. The van der Waals surface area contributed by atoms with Gasteiger partial charge in [0.25, 0.3) is 5.91 Å². The number of benzene rings is 2. The second-order valence-electron chi connectivity index (χ2n) is 8.16. The highest BCUT2D eigenvalue weighted by molar-refractivity contribution is 7.89. The molecule has 0 bridgehead atoms. The number of nitrogens with one attached hydrogen (secondary N) is 1. The van der Waals surface area contributed by atoms with Crippen LogP contribution in [-0.2, 0) is 19.6 Å². The third-order valence-corrected chi connectivity index (χ3v) is 7.95. The minimum absolute atomic E-state index is 0.144. The van der Waals surface area contributed by atoms with Gasteiger partial charge in [0.1, 0.15) is 5.75 Å². The average Bonchev–Trinajstić information content (AvgIpc) is 3.35. The molecule has 2 aliphatic rings. The van der Waals surface area contributed by atoms with Gasteiger partial charge in [0.2, 0.25) is 10.0 Å². The Kier molecular flexibility index (Phi) is 7.43. The summed E-state index contributed by atoms with van der Waals surface area (Å²) in [6.07, 6.45) is 2.10. The molecule has 2 saturated heterocycles. The van der Waals surface area contributed by atoms with Gasteiger partial charge in [0, 0.05) is 26.2 Å². The molecule has 0 aromatic heterocycles. The fourth-order valence-electron chi connectivity index (χ4n) is 4.00. The van der Waals surface area contributed by atoms with Crippen LogP contribution >= 0.6 is 11.6 Å². The molecule has 2 heterocycles. The maximum absolute atomic E-state index is 13.1. The quantitative estimate of drug-likeness (QED) is 0.636. The normalized spacial score (nSPS) is 17.2. The Morgan fingerprint density at radius 2 is 1.82 bits per heavy atom. The van der Waals surface area contributed by atoms with Crippen LogP contribution in [0.4, 0.5) is 11.4 Å². The summed E-state index contributed by atoms with van der Waals surface area (Å²) in [4.78, 5) is 15.0. The molecule has 0 spiro atoms. The Morgan fingerprint density at radius 3 is 2.55 bits per heavy atom. The van der Waals surface area contributed by atoms with Crippen LogP contribution in [0, 0.1) is 6.92 Å². The van der Waals surface area contributed by atoms with E-state index >= 15 is 0 Å². The first-order valence-electron chi connectivity index (χ1n) is 11.0. The van der Waals surface area contributed by atoms with Crippen molar-refractivity contribution in [3.8, 4) is 5.75 Å². The number of hydrogen-bond acceptors (Lipinski definition) is 6. The monoisotopic (exact) mass is 493 g/mol. The number of halogens is 1. The van der Waals surface area contributed by atoms with Crippen molar-refractivity contribution in [3.05, 3.63) is 47.0 Å². The average molecular weight is 494 g/mol. The summed E-state index contributed by atoms with van der Waals surface area (Å²) in [5.41, 5.74) is 2.22. The van der Waals surface area contributed by atoms with Crippen molar-refractivity contribution in [2.45, 2.75) is 24.7 Å². The molecule has 0 saturated carbocycles. The summed E-state index contributed by atoms with van der Waals surface area (Å²) in [5.74, 6) is 0.0316. The number of aryl methyl sites for hydroxylation is 1. The van der Waals surface area contributed by atoms with Crippen LogP contribution in [0.25, 0.3) is 0 Å². The highest BCUT2D eigenvalue weighted by atomic mass is 35.5. The Hall–Kier alpha value is -2.33. The van der Waals surface area contributed by atoms with E-state index in [4.69, 9.17) is 21.1 Å². The lowest BCUT2D eigenvalue weighted by atomic mass is 10.2. The summed E-state index contributed by atoms with van der Waals surface area (Å²) >= 11 is 6.15. The van der Waals surface area contributed by atoms with Crippen LogP contribution in [0.5, 0.6) is 5.75 Å². The third-order valence-electron chi connectivity index (χ3n) is 5.74. The number of sulfonamides is 1. The molecule has 4 rings (SSSR count). The molecule has 0 unspecified atom stereocenters. The predicted octanol–water partition coefficient (Wildman–Crippen LogP) is 3.29. The molecule has 0 atom stereocenters. The summed E-state index contributed by atoms with van der Waals surface area (Å²) in [6, 6.07) is 10.3. The molecule has 2 fully saturated rings. The van der Waals surface area contributed by atoms with Gasteiger partial charge in [-0.2, -0.15) is 4.31 Å². The van der Waals surface area contributed by atoms with E-state index in [-0.39, 0.29) is 11.5 Å². The van der Waals surface area contributed by atoms with E-state index in [1.54, 1.807) is 24.3 Å². The summed E-state index contributed by atoms with van der Waals surface area (Å²) < 4.78 is 38.6. The zero-order chi connectivity index (χ0) is 23.4. The topological polar surface area (TPSA) is 88.2 Å². The first kappa shape index (κ1) is 23.8. The van der Waals surface area contributed by atoms with Crippen molar-refractivity contribution in [1.29, 1.82) is 0 Å². The van der Waals surface area contributed by atoms with Gasteiger partial charge in [-0.05, 0) is 55.7 Å². The van der Waals surface area contributed by atoms with Gasteiger partial charge in [-0.3, -0.25) is 4.79 Å². The largest absolute Gasteiger partial charge is 0.482 e. The fourth-order valence-corrected chi connectivity index (χ4v) is 5.60. The number of nitrogens with zero attached hydrogens (tertiary/aromatic N) is 2. The van der Waals surface area contributed by atoms with Crippen molar-refractivity contribution in [3.63, 3.8) is 0 Å². The molecular formula is C23H28ClN3O5S. The number of ether oxygens (including phenoxy) is 2. The first-order chi connectivity index (χ1) is 15.8. The van der Waals surface area contributed by atoms with Gasteiger partial charge in [0.05, 0.1) is 34.5 Å². The van der Waals surface area contributed by atoms with Crippen LogP contribution in [0.2, 0.25) is 5.02 Å². The lowest BCUT2D eigenvalue weighted by Gasteiger charge is -2.27. The maximum Gasteiger partial charge on any atom is 0.262 e. The molecule has 2 aromatic rings. The number of rotatable bonds is 7. The van der Waals surface area contributed by atoms with E-state index < -0.39 is 15.9 Å². The second kappa shape index (κ2) is 10.3. The van der Waals surface area contributed by atoms with E-state index in [9.17, 15) is 13.2 Å². The van der Waals surface area contributed by atoms with Gasteiger partial charge < -0.3 is 19.7 Å². The van der Waals surface area contributed by atoms with Gasteiger partial charge >= 0.3 is 0 Å². The Balaban J connectivity index is 1.55. The highest BCUT2D eigenvalue weighted by Gasteiger charge is 2.28. The molecule has 1 amide bonds. The second-order valence-corrected chi connectivity index (χ2v) is 10.5. The number of anilines is 2. The SMILES string of the molecule is Cc1ccc(Cl)c(OCC(=O)Nc2cc(S(=O)(=O)N3CCOCC3)ccc2N2CCCC2)c1. The number of carbonyl (C=O) groups is 1. The third kappa shape index (κ3) is 5.60. The van der Waals surface area contributed by atoms with E-state index in [1.165, 1.54) is 10.4 Å². The van der Waals surface area contributed by atoms with E-state index in [2.05, 4.69) is 10.2 Å². The molecule has 33 heavy (non-hydrogen) atoms. The Bertz CT molecular complexity index is 1110. The zero-order valence-electron chi connectivity index (χ0n) is 18.5. The van der Waals surface area contributed by atoms with Crippen LogP contribution in [0.1, 0.15) is 18.4 Å². The molecule has 8 nitrogen and oxygen atoms in total. The lowest BCUT2D eigenvalue weighted by Crippen LogP contribution is -2.40. The van der Waals surface area contributed by atoms with Gasteiger partial charge in [0.15, 0.2) is 6.61 Å². The first-order valence-corrected chi connectivity index (χ1v) is 12.8. The molecule has 0 radical (unpaired) electrons. The minimum Gasteiger partial charge on any atom is -0.482 e. The van der Waals surface area contributed by atoms with Crippen molar-refractivity contribution < 1.29 is 22.7 Å². The van der Waals surface area contributed by atoms with Crippen molar-refractivity contribution in [2.24, 2.45) is 0 Å². The molecule has 1 N–H and O–H groups in total.